The normalized spacial score (nSPS) is 18.1. The minimum absolute atomic E-state index is 0.0555. The van der Waals surface area contributed by atoms with Crippen LogP contribution in [0.25, 0.3) is 5.69 Å². The van der Waals surface area contributed by atoms with Crippen LogP contribution < -0.4 is 10.6 Å². The number of nitrogens with zero attached hydrogens (tertiary/aromatic N) is 2. The minimum atomic E-state index is -0.674. The largest absolute Gasteiger partial charge is 0.459 e. The highest BCUT2D eigenvalue weighted by Gasteiger charge is 2.30. The van der Waals surface area contributed by atoms with Gasteiger partial charge >= 0.3 is 12.0 Å². The zero-order valence-electron chi connectivity index (χ0n) is 14.7. The van der Waals surface area contributed by atoms with Crippen molar-refractivity contribution in [3.05, 3.63) is 47.3 Å². The lowest BCUT2D eigenvalue weighted by Crippen LogP contribution is -2.29. The van der Waals surface area contributed by atoms with Crippen LogP contribution in [0.1, 0.15) is 36.2 Å². The van der Waals surface area contributed by atoms with Gasteiger partial charge in [-0.15, -0.1) is 0 Å². The molecule has 1 atom stereocenters. The van der Waals surface area contributed by atoms with E-state index < -0.39 is 23.9 Å². The Morgan fingerprint density at radius 1 is 1.22 bits per heavy atom. The number of hydrogen-bond acceptors (Lipinski definition) is 5. The van der Waals surface area contributed by atoms with Crippen LogP contribution in [-0.2, 0) is 33.8 Å². The minimum Gasteiger partial charge on any atom is -0.459 e. The Hall–Kier alpha value is -3.16. The van der Waals surface area contributed by atoms with Gasteiger partial charge in [0.2, 0.25) is 0 Å². The molecule has 2 aliphatic rings. The van der Waals surface area contributed by atoms with E-state index in [1.165, 1.54) is 5.69 Å². The summed E-state index contributed by atoms with van der Waals surface area (Å²) >= 11 is 0. The molecule has 2 aromatic rings. The molecule has 1 fully saturated rings. The maximum Gasteiger partial charge on any atom is 0.322 e. The van der Waals surface area contributed by atoms with Crippen LogP contribution >= 0.6 is 0 Å². The van der Waals surface area contributed by atoms with Crippen molar-refractivity contribution in [1.29, 1.82) is 0 Å². The maximum atomic E-state index is 12.0. The number of aromatic nitrogens is 2. The fourth-order valence-electron chi connectivity index (χ4n) is 3.56. The van der Waals surface area contributed by atoms with E-state index in [0.717, 1.165) is 36.2 Å². The van der Waals surface area contributed by atoms with Crippen molar-refractivity contribution in [1.82, 2.24) is 20.4 Å². The molecule has 2 N–H and O–H groups in total. The van der Waals surface area contributed by atoms with E-state index in [0.29, 0.717) is 0 Å². The number of ether oxygens (including phenoxy) is 1. The Morgan fingerprint density at radius 2 is 2.04 bits per heavy atom. The molecule has 1 aliphatic carbocycles. The van der Waals surface area contributed by atoms with Gasteiger partial charge in [0, 0.05) is 17.7 Å². The molecule has 27 heavy (non-hydrogen) atoms. The van der Waals surface area contributed by atoms with Crippen molar-refractivity contribution in [2.45, 2.75) is 44.8 Å². The molecule has 0 radical (unpaired) electrons. The molecule has 1 aromatic carbocycles. The van der Waals surface area contributed by atoms with Gasteiger partial charge < -0.3 is 10.1 Å². The van der Waals surface area contributed by atoms with Crippen LogP contribution in [0.3, 0.4) is 0 Å². The first kappa shape index (κ1) is 17.3. The first-order valence-electron chi connectivity index (χ1n) is 9.04. The molecule has 0 unspecified atom stereocenters. The average Bonchev–Trinajstić information content (AvgIpc) is 3.34. The van der Waals surface area contributed by atoms with E-state index in [-0.39, 0.29) is 19.4 Å². The topological polar surface area (TPSA) is 102 Å². The van der Waals surface area contributed by atoms with Gasteiger partial charge in [-0.2, -0.15) is 5.10 Å². The predicted octanol–water partition coefficient (Wildman–Crippen LogP) is 1.39. The summed E-state index contributed by atoms with van der Waals surface area (Å²) in [6.07, 6.45) is 3.23. The molecule has 4 rings (SSSR count). The monoisotopic (exact) mass is 368 g/mol. The third kappa shape index (κ3) is 3.55. The molecule has 8 nitrogen and oxygen atoms in total. The van der Waals surface area contributed by atoms with E-state index in [1.807, 2.05) is 35.0 Å². The Labute approximate surface area is 155 Å². The van der Waals surface area contributed by atoms with Crippen LogP contribution in [0.4, 0.5) is 4.79 Å². The quantitative estimate of drug-likeness (QED) is 0.593. The summed E-state index contributed by atoms with van der Waals surface area (Å²) in [5.74, 6) is -0.822. The van der Waals surface area contributed by atoms with E-state index in [4.69, 9.17) is 4.74 Å². The number of esters is 1. The van der Waals surface area contributed by atoms with Crippen LogP contribution in [0, 0.1) is 0 Å². The number of benzene rings is 1. The van der Waals surface area contributed by atoms with Crippen molar-refractivity contribution < 1.29 is 19.1 Å². The van der Waals surface area contributed by atoms with E-state index in [2.05, 4.69) is 15.7 Å². The number of imide groups is 1. The van der Waals surface area contributed by atoms with Gasteiger partial charge in [0.15, 0.2) is 0 Å². The summed E-state index contributed by atoms with van der Waals surface area (Å²) in [5, 5.41) is 9.26. The molecular formula is C19H20N4O4. The van der Waals surface area contributed by atoms with Gasteiger partial charge in [0.1, 0.15) is 18.3 Å². The lowest BCUT2D eigenvalue weighted by molar-refractivity contribution is -0.145. The highest BCUT2D eigenvalue weighted by Crippen LogP contribution is 2.28. The van der Waals surface area contributed by atoms with Crippen molar-refractivity contribution in [3.63, 3.8) is 0 Å². The van der Waals surface area contributed by atoms with Gasteiger partial charge in [-0.3, -0.25) is 14.9 Å². The molecule has 1 saturated heterocycles. The van der Waals surface area contributed by atoms with Crippen molar-refractivity contribution in [2.24, 2.45) is 0 Å². The van der Waals surface area contributed by atoms with Crippen molar-refractivity contribution in [3.8, 4) is 5.69 Å². The first-order valence-corrected chi connectivity index (χ1v) is 9.04. The molecule has 1 aromatic heterocycles. The fourth-order valence-corrected chi connectivity index (χ4v) is 3.56. The van der Waals surface area contributed by atoms with E-state index >= 15 is 0 Å². The van der Waals surface area contributed by atoms with Crippen molar-refractivity contribution >= 4 is 17.9 Å². The molecule has 3 amide bonds. The molecule has 1 aliphatic heterocycles. The first-order chi connectivity index (χ1) is 13.1. The second kappa shape index (κ2) is 7.22. The number of para-hydroxylation sites is 1. The number of carbonyl (C=O) groups is 3. The molecule has 140 valence electrons. The number of urea groups is 1. The van der Waals surface area contributed by atoms with E-state index in [1.54, 1.807) is 0 Å². The van der Waals surface area contributed by atoms with Crippen LogP contribution in [0.2, 0.25) is 0 Å². The average molecular weight is 368 g/mol. The molecule has 0 bridgehead atoms. The Bertz CT molecular complexity index is 891. The number of carbonyl (C=O) groups excluding carboxylic acids is 3. The number of fused-ring (bicyclic) bond motifs is 1. The van der Waals surface area contributed by atoms with Crippen LogP contribution in [0.5, 0.6) is 0 Å². The molecular weight excluding hydrogens is 348 g/mol. The molecule has 8 heteroatoms. The Morgan fingerprint density at radius 3 is 2.78 bits per heavy atom. The second-order valence-corrected chi connectivity index (χ2v) is 6.69. The van der Waals surface area contributed by atoms with Gasteiger partial charge in [0.25, 0.3) is 5.91 Å². The fraction of sp³-hybridized carbons (Fsp3) is 0.368. The third-order valence-electron chi connectivity index (χ3n) is 4.88. The lowest BCUT2D eigenvalue weighted by Gasteiger charge is -2.07. The number of nitrogens with one attached hydrogen (secondary N) is 2. The van der Waals surface area contributed by atoms with Gasteiger partial charge in [-0.1, -0.05) is 18.2 Å². The van der Waals surface area contributed by atoms with Gasteiger partial charge in [-0.25, -0.2) is 9.48 Å². The zero-order valence-corrected chi connectivity index (χ0v) is 14.7. The summed E-state index contributed by atoms with van der Waals surface area (Å²) < 4.78 is 7.30. The van der Waals surface area contributed by atoms with Crippen LogP contribution in [0.15, 0.2) is 30.3 Å². The number of hydrogen-bond donors (Lipinski definition) is 2. The predicted molar refractivity (Wildman–Crippen MR) is 95.1 cm³/mol. The third-order valence-corrected chi connectivity index (χ3v) is 4.88. The van der Waals surface area contributed by atoms with E-state index in [9.17, 15) is 14.4 Å². The van der Waals surface area contributed by atoms with Gasteiger partial charge in [-0.05, 0) is 37.8 Å². The Balaban J connectivity index is 1.38. The van der Waals surface area contributed by atoms with Crippen LogP contribution in [-0.4, -0.2) is 33.7 Å². The molecule has 0 spiro atoms. The summed E-state index contributed by atoms with van der Waals surface area (Å²) in [5.41, 5.74) is 4.12. The molecule has 2 heterocycles. The smallest absolute Gasteiger partial charge is 0.322 e. The summed E-state index contributed by atoms with van der Waals surface area (Å²) in [6, 6.07) is 8.70. The maximum absolute atomic E-state index is 12.0. The summed E-state index contributed by atoms with van der Waals surface area (Å²) in [6.45, 7) is 0.115. The number of rotatable bonds is 6. The number of amides is 3. The van der Waals surface area contributed by atoms with Gasteiger partial charge in [0.05, 0.1) is 5.69 Å². The second-order valence-electron chi connectivity index (χ2n) is 6.69. The lowest BCUT2D eigenvalue weighted by atomic mass is 10.1. The highest BCUT2D eigenvalue weighted by molar-refractivity contribution is 6.04. The Kier molecular flexibility index (Phi) is 4.62. The highest BCUT2D eigenvalue weighted by atomic mass is 16.5. The standard InChI is InChI=1S/C19H20N4O4/c24-17(10-9-14-18(25)21-19(26)20-14)27-11-15-13-7-4-8-16(13)23(22-15)12-5-2-1-3-6-12/h1-3,5-6,14H,4,7-11H2,(H2,20,21,25,26)/t14-/m1/s1. The van der Waals surface area contributed by atoms with Crippen molar-refractivity contribution in [2.75, 3.05) is 0 Å². The molecule has 0 saturated carbocycles. The summed E-state index contributed by atoms with van der Waals surface area (Å²) in [4.78, 5) is 34.6. The zero-order chi connectivity index (χ0) is 18.8. The SMILES string of the molecule is O=C1NC(=O)[C@@H](CCC(=O)OCc2nn(-c3ccccc3)c3c2CCC3)N1. The summed E-state index contributed by atoms with van der Waals surface area (Å²) in [7, 11) is 0.